The van der Waals surface area contributed by atoms with Crippen LogP contribution in [-0.4, -0.2) is 9.97 Å². The zero-order valence-electron chi connectivity index (χ0n) is 10.2. The van der Waals surface area contributed by atoms with Crippen LogP contribution < -0.4 is 0 Å². The number of pyridine rings is 1. The molecule has 88 valence electrons. The van der Waals surface area contributed by atoms with Gasteiger partial charge in [0, 0.05) is 17.5 Å². The highest BCUT2D eigenvalue weighted by Gasteiger charge is 2.10. The Bertz CT molecular complexity index is 582. The third-order valence-corrected chi connectivity index (χ3v) is 2.96. The smallest absolute Gasteiger partial charge is 0.0870 e. The summed E-state index contributed by atoms with van der Waals surface area (Å²) in [6, 6.07) is 18.5. The van der Waals surface area contributed by atoms with Crippen LogP contribution in [0.3, 0.4) is 0 Å². The lowest BCUT2D eigenvalue weighted by Crippen LogP contribution is -1.85. The summed E-state index contributed by atoms with van der Waals surface area (Å²) in [6.07, 6.45) is 1.82. The van der Waals surface area contributed by atoms with Crippen LogP contribution in [0.25, 0.3) is 22.5 Å². The molecule has 0 bridgehead atoms. The van der Waals surface area contributed by atoms with Gasteiger partial charge in [0.05, 0.1) is 11.4 Å². The maximum absolute atomic E-state index is 4.42. The van der Waals surface area contributed by atoms with Gasteiger partial charge in [-0.25, -0.2) is 0 Å². The number of nitrogens with one attached hydrogen (secondary N) is 1. The highest BCUT2D eigenvalue weighted by molar-refractivity contribution is 5.80. The second-order valence-corrected chi connectivity index (χ2v) is 4.32. The number of aromatic amines is 1. The molecular weight excluding hydrogens is 220 g/mol. The fourth-order valence-electron chi connectivity index (χ4n) is 2.15. The molecule has 18 heavy (non-hydrogen) atoms. The minimum Gasteiger partial charge on any atom is -0.357 e. The molecule has 0 radical (unpaired) electrons. The zero-order chi connectivity index (χ0) is 12.4. The second kappa shape index (κ2) is 4.49. The molecule has 2 nitrogen and oxygen atoms in total. The average Bonchev–Trinajstić information content (AvgIpc) is 2.83. The van der Waals surface area contributed by atoms with Gasteiger partial charge in [0.15, 0.2) is 0 Å². The number of aryl methyl sites for hydroxylation is 1. The molecule has 0 aliphatic rings. The Balaban J connectivity index is 2.17. The second-order valence-electron chi connectivity index (χ2n) is 4.32. The maximum Gasteiger partial charge on any atom is 0.0870 e. The minimum absolute atomic E-state index is 0.976. The van der Waals surface area contributed by atoms with E-state index in [1.165, 1.54) is 11.1 Å². The first-order chi connectivity index (χ1) is 8.84. The van der Waals surface area contributed by atoms with E-state index in [2.05, 4.69) is 47.2 Å². The Morgan fingerprint density at radius 1 is 0.944 bits per heavy atom. The van der Waals surface area contributed by atoms with Gasteiger partial charge in [0.1, 0.15) is 0 Å². The molecule has 0 saturated carbocycles. The third kappa shape index (κ3) is 1.93. The number of hydrogen-bond acceptors (Lipinski definition) is 1. The van der Waals surface area contributed by atoms with E-state index in [0.717, 1.165) is 17.1 Å². The van der Waals surface area contributed by atoms with E-state index in [0.29, 0.717) is 0 Å². The molecule has 2 heteroatoms. The monoisotopic (exact) mass is 234 g/mol. The van der Waals surface area contributed by atoms with Crippen LogP contribution in [0.1, 0.15) is 5.69 Å². The van der Waals surface area contributed by atoms with E-state index in [1.54, 1.807) is 0 Å². The van der Waals surface area contributed by atoms with Crippen molar-refractivity contribution in [2.75, 3.05) is 0 Å². The fourth-order valence-corrected chi connectivity index (χ4v) is 2.15. The highest BCUT2D eigenvalue weighted by Crippen LogP contribution is 2.30. The SMILES string of the molecule is Cc1cc(-c2ccccc2)c(-c2ccccn2)[nH]1. The van der Waals surface area contributed by atoms with Gasteiger partial charge in [-0.05, 0) is 30.7 Å². The summed E-state index contributed by atoms with van der Waals surface area (Å²) in [5.74, 6) is 0. The van der Waals surface area contributed by atoms with Crippen LogP contribution in [0, 0.1) is 6.92 Å². The van der Waals surface area contributed by atoms with Crippen LogP contribution in [0.2, 0.25) is 0 Å². The summed E-state index contributed by atoms with van der Waals surface area (Å²) in [4.78, 5) is 7.81. The zero-order valence-corrected chi connectivity index (χ0v) is 10.2. The van der Waals surface area contributed by atoms with Gasteiger partial charge in [0.2, 0.25) is 0 Å². The van der Waals surface area contributed by atoms with Crippen molar-refractivity contribution >= 4 is 0 Å². The van der Waals surface area contributed by atoms with Crippen molar-refractivity contribution in [3.63, 3.8) is 0 Å². The molecule has 0 fully saturated rings. The Morgan fingerprint density at radius 3 is 2.44 bits per heavy atom. The Morgan fingerprint density at radius 2 is 1.72 bits per heavy atom. The van der Waals surface area contributed by atoms with Gasteiger partial charge >= 0.3 is 0 Å². The lowest BCUT2D eigenvalue weighted by Gasteiger charge is -2.03. The fraction of sp³-hybridized carbons (Fsp3) is 0.0625. The van der Waals surface area contributed by atoms with Crippen LogP contribution >= 0.6 is 0 Å². The van der Waals surface area contributed by atoms with Gasteiger partial charge < -0.3 is 4.98 Å². The normalized spacial score (nSPS) is 10.5. The van der Waals surface area contributed by atoms with E-state index < -0.39 is 0 Å². The first kappa shape index (κ1) is 10.8. The third-order valence-electron chi connectivity index (χ3n) is 2.96. The summed E-state index contributed by atoms with van der Waals surface area (Å²) in [6.45, 7) is 2.07. The van der Waals surface area contributed by atoms with Gasteiger partial charge in [-0.3, -0.25) is 4.98 Å². The summed E-state index contributed by atoms with van der Waals surface area (Å²) in [7, 11) is 0. The highest BCUT2D eigenvalue weighted by atomic mass is 14.8. The van der Waals surface area contributed by atoms with Crippen molar-refractivity contribution in [2.24, 2.45) is 0 Å². The number of benzene rings is 1. The van der Waals surface area contributed by atoms with E-state index in [-0.39, 0.29) is 0 Å². The predicted molar refractivity (Wildman–Crippen MR) is 74.2 cm³/mol. The van der Waals surface area contributed by atoms with Crippen LogP contribution in [0.15, 0.2) is 60.8 Å². The first-order valence-corrected chi connectivity index (χ1v) is 6.01. The Labute approximate surface area is 106 Å². The topological polar surface area (TPSA) is 28.7 Å². The Kier molecular flexibility index (Phi) is 2.69. The molecule has 0 spiro atoms. The largest absolute Gasteiger partial charge is 0.357 e. The van der Waals surface area contributed by atoms with Gasteiger partial charge in [0.25, 0.3) is 0 Å². The van der Waals surface area contributed by atoms with Crippen molar-refractivity contribution in [3.05, 3.63) is 66.5 Å². The van der Waals surface area contributed by atoms with Gasteiger partial charge in [-0.15, -0.1) is 0 Å². The number of nitrogens with zero attached hydrogens (tertiary/aromatic N) is 1. The molecule has 3 aromatic rings. The van der Waals surface area contributed by atoms with Gasteiger partial charge in [-0.1, -0.05) is 36.4 Å². The van der Waals surface area contributed by atoms with Crippen LogP contribution in [-0.2, 0) is 0 Å². The first-order valence-electron chi connectivity index (χ1n) is 6.01. The lowest BCUT2D eigenvalue weighted by molar-refractivity contribution is 1.23. The van der Waals surface area contributed by atoms with Crippen molar-refractivity contribution in [2.45, 2.75) is 6.92 Å². The molecule has 0 atom stereocenters. The molecule has 0 aliphatic heterocycles. The van der Waals surface area contributed by atoms with E-state index in [4.69, 9.17) is 0 Å². The van der Waals surface area contributed by atoms with Crippen molar-refractivity contribution in [1.82, 2.24) is 9.97 Å². The van der Waals surface area contributed by atoms with Crippen molar-refractivity contribution < 1.29 is 0 Å². The summed E-state index contributed by atoms with van der Waals surface area (Å²) in [5, 5.41) is 0. The molecule has 0 saturated heterocycles. The number of rotatable bonds is 2. The van der Waals surface area contributed by atoms with Crippen LogP contribution in [0.4, 0.5) is 0 Å². The molecular formula is C16H14N2. The summed E-state index contributed by atoms with van der Waals surface area (Å²) in [5.41, 5.74) is 5.62. The van der Waals surface area contributed by atoms with Gasteiger partial charge in [-0.2, -0.15) is 0 Å². The van der Waals surface area contributed by atoms with Crippen LogP contribution in [0.5, 0.6) is 0 Å². The number of hydrogen-bond donors (Lipinski definition) is 1. The molecule has 3 rings (SSSR count). The summed E-state index contributed by atoms with van der Waals surface area (Å²) >= 11 is 0. The van der Waals surface area contributed by atoms with E-state index in [9.17, 15) is 0 Å². The average molecular weight is 234 g/mol. The van der Waals surface area contributed by atoms with Crippen molar-refractivity contribution in [1.29, 1.82) is 0 Å². The molecule has 0 amide bonds. The predicted octanol–water partition coefficient (Wildman–Crippen LogP) is 4.05. The maximum atomic E-state index is 4.42. The molecule has 0 aliphatic carbocycles. The van der Waals surface area contributed by atoms with E-state index in [1.807, 2.05) is 30.5 Å². The molecule has 1 aromatic carbocycles. The quantitative estimate of drug-likeness (QED) is 0.712. The number of aromatic nitrogens is 2. The summed E-state index contributed by atoms with van der Waals surface area (Å²) < 4.78 is 0. The number of H-pyrrole nitrogens is 1. The molecule has 2 aromatic heterocycles. The molecule has 2 heterocycles. The molecule has 0 unspecified atom stereocenters. The standard InChI is InChI=1S/C16H14N2/c1-12-11-14(13-7-3-2-4-8-13)16(18-12)15-9-5-6-10-17-15/h2-11,18H,1H3. The Hall–Kier alpha value is -2.35. The molecule has 1 N–H and O–H groups in total. The van der Waals surface area contributed by atoms with Crippen molar-refractivity contribution in [3.8, 4) is 22.5 Å². The minimum atomic E-state index is 0.976. The lowest BCUT2D eigenvalue weighted by atomic mass is 10.0. The van der Waals surface area contributed by atoms with E-state index >= 15 is 0 Å².